The molecular weight excluding hydrogens is 302 g/mol. The molecule has 0 bridgehead atoms. The third-order valence-electron chi connectivity index (χ3n) is 2.92. The first-order chi connectivity index (χ1) is 10.5. The van der Waals surface area contributed by atoms with E-state index in [1.165, 1.54) is 18.4 Å². The Morgan fingerprint density at radius 1 is 1.23 bits per heavy atom. The van der Waals surface area contributed by atoms with Crippen LogP contribution in [0.5, 0.6) is 11.5 Å². The summed E-state index contributed by atoms with van der Waals surface area (Å²) in [7, 11) is 3.08. The monoisotopic (exact) mass is 321 g/mol. The maximum atomic E-state index is 12.2. The number of anilines is 1. The first-order valence-corrected chi connectivity index (χ1v) is 7.71. The van der Waals surface area contributed by atoms with Gasteiger partial charge < -0.3 is 9.47 Å². The van der Waals surface area contributed by atoms with Crippen LogP contribution in [-0.4, -0.2) is 30.3 Å². The average Bonchev–Trinajstić information content (AvgIpc) is 2.92. The number of ether oxygens (including phenoxy) is 2. The fourth-order valence-corrected chi connectivity index (χ4v) is 2.83. The van der Waals surface area contributed by atoms with Gasteiger partial charge in [0.05, 0.1) is 14.2 Å². The Labute approximate surface area is 133 Å². The summed E-state index contributed by atoms with van der Waals surface area (Å²) in [6.45, 7) is 4.23. The van der Waals surface area contributed by atoms with E-state index in [0.717, 1.165) is 11.4 Å². The predicted octanol–water partition coefficient (Wildman–Crippen LogP) is 3.01. The Morgan fingerprint density at radius 2 is 1.95 bits per heavy atom. The molecule has 22 heavy (non-hydrogen) atoms. The summed E-state index contributed by atoms with van der Waals surface area (Å²) in [4.78, 5) is 12.2. The fraction of sp³-hybridized carbons (Fsp3) is 0.400. The van der Waals surface area contributed by atoms with Crippen molar-refractivity contribution in [2.75, 3.05) is 19.5 Å². The van der Waals surface area contributed by atoms with Gasteiger partial charge in [-0.2, -0.15) is 0 Å². The second-order valence-electron chi connectivity index (χ2n) is 5.12. The molecule has 1 heterocycles. The minimum Gasteiger partial charge on any atom is -0.493 e. The van der Waals surface area contributed by atoms with Gasteiger partial charge >= 0.3 is 0 Å². The molecular formula is C15H19N3O3S. The number of nitrogens with one attached hydrogen (secondary N) is 1. The average molecular weight is 321 g/mol. The normalized spacial score (nSPS) is 10.6. The highest BCUT2D eigenvalue weighted by Gasteiger charge is 2.13. The number of amides is 1. The van der Waals surface area contributed by atoms with Gasteiger partial charge in [0.15, 0.2) is 11.5 Å². The van der Waals surface area contributed by atoms with E-state index in [2.05, 4.69) is 29.4 Å². The van der Waals surface area contributed by atoms with Crippen molar-refractivity contribution in [3.63, 3.8) is 0 Å². The first-order valence-electron chi connectivity index (χ1n) is 6.89. The number of hydrogen-bond acceptors (Lipinski definition) is 6. The van der Waals surface area contributed by atoms with Gasteiger partial charge in [-0.1, -0.05) is 25.2 Å². The molecule has 0 aliphatic rings. The van der Waals surface area contributed by atoms with E-state index in [4.69, 9.17) is 9.47 Å². The minimum atomic E-state index is -0.256. The van der Waals surface area contributed by atoms with Crippen molar-refractivity contribution in [3.8, 4) is 11.5 Å². The third-order valence-corrected chi connectivity index (χ3v) is 3.78. The van der Waals surface area contributed by atoms with Crippen LogP contribution >= 0.6 is 11.3 Å². The summed E-state index contributed by atoms with van der Waals surface area (Å²) in [6.07, 6.45) is 0.851. The van der Waals surface area contributed by atoms with Crippen LogP contribution in [0.1, 0.15) is 29.2 Å². The lowest BCUT2D eigenvalue weighted by Gasteiger charge is -2.08. The molecule has 2 aromatic rings. The number of nitrogens with zero attached hydrogens (tertiary/aromatic N) is 2. The maximum Gasteiger partial charge on any atom is 0.257 e. The van der Waals surface area contributed by atoms with Gasteiger partial charge in [-0.15, -0.1) is 10.2 Å². The van der Waals surface area contributed by atoms with Crippen LogP contribution in [0.3, 0.4) is 0 Å². The number of methoxy groups -OCH3 is 2. The summed E-state index contributed by atoms with van der Waals surface area (Å²) >= 11 is 1.39. The van der Waals surface area contributed by atoms with Crippen molar-refractivity contribution in [2.45, 2.75) is 20.3 Å². The summed E-state index contributed by atoms with van der Waals surface area (Å²) in [5, 5.41) is 12.2. The first kappa shape index (κ1) is 16.2. The van der Waals surface area contributed by atoms with Crippen LogP contribution in [0.25, 0.3) is 0 Å². The van der Waals surface area contributed by atoms with Gasteiger partial charge in [0.2, 0.25) is 5.13 Å². The molecule has 0 radical (unpaired) electrons. The van der Waals surface area contributed by atoms with Crippen molar-refractivity contribution in [1.82, 2.24) is 10.2 Å². The fourth-order valence-electron chi connectivity index (χ4n) is 1.88. The molecule has 0 spiro atoms. The Balaban J connectivity index is 2.10. The topological polar surface area (TPSA) is 73.3 Å². The molecule has 1 amide bonds. The van der Waals surface area contributed by atoms with E-state index in [0.29, 0.717) is 28.1 Å². The SMILES string of the molecule is COc1ccc(C(=O)Nc2nnc(CC(C)C)s2)cc1OC. The van der Waals surface area contributed by atoms with Gasteiger partial charge in [-0.3, -0.25) is 10.1 Å². The molecule has 7 heteroatoms. The Bertz CT molecular complexity index is 655. The summed E-state index contributed by atoms with van der Waals surface area (Å²) in [5.74, 6) is 1.33. The Morgan fingerprint density at radius 3 is 2.59 bits per heavy atom. The molecule has 0 saturated heterocycles. The Hall–Kier alpha value is -2.15. The largest absolute Gasteiger partial charge is 0.493 e. The highest BCUT2D eigenvalue weighted by Crippen LogP contribution is 2.28. The van der Waals surface area contributed by atoms with Crippen LogP contribution in [0.15, 0.2) is 18.2 Å². The van der Waals surface area contributed by atoms with Crippen LogP contribution in [0.4, 0.5) is 5.13 Å². The molecule has 0 unspecified atom stereocenters. The predicted molar refractivity (Wildman–Crippen MR) is 86.0 cm³/mol. The molecule has 0 atom stereocenters. The van der Waals surface area contributed by atoms with E-state index < -0.39 is 0 Å². The zero-order valence-corrected chi connectivity index (χ0v) is 13.9. The quantitative estimate of drug-likeness (QED) is 0.885. The molecule has 0 aliphatic carbocycles. The van der Waals surface area contributed by atoms with E-state index in [-0.39, 0.29) is 5.91 Å². The number of carbonyl (C=O) groups excluding carboxylic acids is 1. The number of benzene rings is 1. The number of rotatable bonds is 6. The van der Waals surface area contributed by atoms with Crippen molar-refractivity contribution in [2.24, 2.45) is 5.92 Å². The molecule has 0 fully saturated rings. The van der Waals surface area contributed by atoms with Crippen molar-refractivity contribution in [3.05, 3.63) is 28.8 Å². The van der Waals surface area contributed by atoms with Crippen LogP contribution < -0.4 is 14.8 Å². The molecule has 1 aromatic heterocycles. The van der Waals surface area contributed by atoms with Gasteiger partial charge in [0.1, 0.15) is 5.01 Å². The van der Waals surface area contributed by atoms with E-state index in [9.17, 15) is 4.79 Å². The standard InChI is InChI=1S/C15H19N3O3S/c1-9(2)7-13-17-18-15(22-13)16-14(19)10-5-6-11(20-3)12(8-10)21-4/h5-6,8-9H,7H2,1-4H3,(H,16,18,19). The number of aromatic nitrogens is 2. The second kappa shape index (κ2) is 7.22. The van der Waals surface area contributed by atoms with Crippen molar-refractivity contribution < 1.29 is 14.3 Å². The second-order valence-corrected chi connectivity index (χ2v) is 6.18. The summed E-state index contributed by atoms with van der Waals surface area (Å²) in [6, 6.07) is 5.00. The molecule has 118 valence electrons. The highest BCUT2D eigenvalue weighted by atomic mass is 32.1. The Kier molecular flexibility index (Phi) is 5.32. The molecule has 1 aromatic carbocycles. The lowest BCUT2D eigenvalue weighted by Crippen LogP contribution is -2.12. The van der Waals surface area contributed by atoms with Crippen LogP contribution in [0, 0.1) is 5.92 Å². The summed E-state index contributed by atoms with van der Waals surface area (Å²) in [5.41, 5.74) is 0.471. The van der Waals surface area contributed by atoms with E-state index in [1.54, 1.807) is 25.3 Å². The molecule has 6 nitrogen and oxygen atoms in total. The zero-order valence-electron chi connectivity index (χ0n) is 13.0. The third kappa shape index (κ3) is 3.94. The summed E-state index contributed by atoms with van der Waals surface area (Å²) < 4.78 is 10.3. The molecule has 0 saturated carbocycles. The van der Waals surface area contributed by atoms with Crippen molar-refractivity contribution in [1.29, 1.82) is 0 Å². The number of hydrogen-bond donors (Lipinski definition) is 1. The van der Waals surface area contributed by atoms with E-state index in [1.807, 2.05) is 0 Å². The van der Waals surface area contributed by atoms with Gasteiger partial charge in [0, 0.05) is 12.0 Å². The van der Waals surface area contributed by atoms with E-state index >= 15 is 0 Å². The molecule has 2 rings (SSSR count). The highest BCUT2D eigenvalue weighted by molar-refractivity contribution is 7.15. The van der Waals surface area contributed by atoms with Gasteiger partial charge in [-0.25, -0.2) is 0 Å². The number of carbonyl (C=O) groups is 1. The lowest BCUT2D eigenvalue weighted by molar-refractivity contribution is 0.102. The van der Waals surface area contributed by atoms with Crippen molar-refractivity contribution >= 4 is 22.4 Å². The minimum absolute atomic E-state index is 0.256. The van der Waals surface area contributed by atoms with Gasteiger partial charge in [0.25, 0.3) is 5.91 Å². The zero-order chi connectivity index (χ0) is 16.1. The van der Waals surface area contributed by atoms with Crippen LogP contribution in [0.2, 0.25) is 0 Å². The lowest BCUT2D eigenvalue weighted by atomic mass is 10.1. The van der Waals surface area contributed by atoms with Gasteiger partial charge in [-0.05, 0) is 24.1 Å². The molecule has 0 aliphatic heterocycles. The van der Waals surface area contributed by atoms with Crippen LogP contribution in [-0.2, 0) is 6.42 Å². The maximum absolute atomic E-state index is 12.2. The molecule has 1 N–H and O–H groups in total. The smallest absolute Gasteiger partial charge is 0.257 e.